The van der Waals surface area contributed by atoms with Crippen LogP contribution in [-0.2, 0) is 20.8 Å². The van der Waals surface area contributed by atoms with E-state index >= 15 is 0 Å². The summed E-state index contributed by atoms with van der Waals surface area (Å²) in [6, 6.07) is 10.0. The van der Waals surface area contributed by atoms with Gasteiger partial charge in [0.05, 0.1) is 25.4 Å². The van der Waals surface area contributed by atoms with Crippen molar-refractivity contribution in [3.05, 3.63) is 35.9 Å². The Labute approximate surface area is 163 Å². The average molecular weight is 381 g/mol. The summed E-state index contributed by atoms with van der Waals surface area (Å²) in [6.45, 7) is 7.65. The lowest BCUT2D eigenvalue weighted by Gasteiger charge is -2.35. The van der Waals surface area contributed by atoms with Gasteiger partial charge in [-0.1, -0.05) is 51.1 Å². The molecule has 154 valence electrons. The Morgan fingerprint density at radius 3 is 2.48 bits per heavy atom. The average Bonchev–Trinajstić information content (AvgIpc) is 2.72. The molecule has 1 fully saturated rings. The Kier molecular flexibility index (Phi) is 9.73. The molecule has 0 radical (unpaired) electrons. The molecule has 27 heavy (non-hydrogen) atoms. The number of ether oxygens (including phenoxy) is 3. The first-order chi connectivity index (χ1) is 13.0. The number of hydrogen-bond acceptors (Lipinski definition) is 5. The van der Waals surface area contributed by atoms with Crippen molar-refractivity contribution in [1.29, 1.82) is 0 Å². The zero-order valence-corrected chi connectivity index (χ0v) is 16.9. The normalized spacial score (nSPS) is 23.4. The second-order valence-corrected chi connectivity index (χ2v) is 7.88. The minimum absolute atomic E-state index is 0.0439. The number of benzene rings is 1. The first-order valence-electron chi connectivity index (χ1n) is 10.2. The van der Waals surface area contributed by atoms with Gasteiger partial charge < -0.3 is 24.4 Å². The van der Waals surface area contributed by atoms with Crippen LogP contribution in [0, 0.1) is 17.8 Å². The molecule has 1 heterocycles. The van der Waals surface area contributed by atoms with Gasteiger partial charge in [0.15, 0.2) is 6.29 Å². The van der Waals surface area contributed by atoms with E-state index in [1.807, 2.05) is 44.2 Å². The molecule has 1 aliphatic heterocycles. The molecule has 0 aromatic heterocycles. The van der Waals surface area contributed by atoms with Crippen molar-refractivity contribution in [1.82, 2.24) is 0 Å². The summed E-state index contributed by atoms with van der Waals surface area (Å²) in [4.78, 5) is 0. The fraction of sp³-hybridized carbons (Fsp3) is 0.727. The van der Waals surface area contributed by atoms with Crippen molar-refractivity contribution in [2.75, 3.05) is 19.8 Å². The number of aliphatic hydroxyl groups excluding tert-OH is 2. The molecular formula is C22H36O5. The van der Waals surface area contributed by atoms with Crippen molar-refractivity contribution < 1.29 is 24.4 Å². The standard InChI is InChI=1S/C22H36O5/c1-16(13-23)21(24)18(3)22(27-15-19-9-5-4-6-10-19)17(2)14-26-20-11-7-8-12-25-20/h4-6,9-10,16-18,20-24H,7-8,11-15H2,1-3H3/t16-,17-,18+,20?,21-,22-/m1/s1. The van der Waals surface area contributed by atoms with E-state index < -0.39 is 6.10 Å². The molecule has 2 N–H and O–H groups in total. The van der Waals surface area contributed by atoms with Gasteiger partial charge in [-0.15, -0.1) is 0 Å². The monoisotopic (exact) mass is 380 g/mol. The van der Waals surface area contributed by atoms with Gasteiger partial charge in [0.1, 0.15) is 0 Å². The van der Waals surface area contributed by atoms with E-state index in [1.54, 1.807) is 0 Å². The third-order valence-electron chi connectivity index (χ3n) is 5.46. The lowest BCUT2D eigenvalue weighted by atomic mass is 9.84. The van der Waals surface area contributed by atoms with Crippen LogP contribution in [0.3, 0.4) is 0 Å². The van der Waals surface area contributed by atoms with Gasteiger partial charge in [0, 0.05) is 31.0 Å². The van der Waals surface area contributed by atoms with Gasteiger partial charge in [0.2, 0.25) is 0 Å². The predicted molar refractivity (Wildman–Crippen MR) is 105 cm³/mol. The van der Waals surface area contributed by atoms with Crippen LogP contribution in [0.1, 0.15) is 45.6 Å². The molecule has 0 amide bonds. The maximum Gasteiger partial charge on any atom is 0.157 e. The Hall–Kier alpha value is -0.980. The van der Waals surface area contributed by atoms with Crippen LogP contribution in [0.5, 0.6) is 0 Å². The smallest absolute Gasteiger partial charge is 0.157 e. The molecule has 0 saturated carbocycles. The molecule has 1 unspecified atom stereocenters. The van der Waals surface area contributed by atoms with Crippen LogP contribution in [0.25, 0.3) is 0 Å². The Morgan fingerprint density at radius 2 is 1.85 bits per heavy atom. The Balaban J connectivity index is 1.97. The van der Waals surface area contributed by atoms with Crippen LogP contribution in [0.2, 0.25) is 0 Å². The highest BCUT2D eigenvalue weighted by Crippen LogP contribution is 2.26. The number of rotatable bonds is 11. The molecule has 0 aliphatic carbocycles. The molecule has 0 bridgehead atoms. The lowest BCUT2D eigenvalue weighted by molar-refractivity contribution is -0.180. The second kappa shape index (κ2) is 11.8. The largest absolute Gasteiger partial charge is 0.396 e. The van der Waals surface area contributed by atoms with Gasteiger partial charge in [-0.3, -0.25) is 0 Å². The zero-order chi connectivity index (χ0) is 19.6. The molecule has 2 rings (SSSR count). The maximum atomic E-state index is 10.6. The summed E-state index contributed by atoms with van der Waals surface area (Å²) in [5.41, 5.74) is 1.10. The zero-order valence-electron chi connectivity index (χ0n) is 16.9. The van der Waals surface area contributed by atoms with E-state index in [1.165, 1.54) is 0 Å². The second-order valence-electron chi connectivity index (χ2n) is 7.88. The van der Waals surface area contributed by atoms with E-state index in [2.05, 4.69) is 6.92 Å². The molecule has 1 aliphatic rings. The molecule has 5 heteroatoms. The molecule has 1 saturated heterocycles. The fourth-order valence-corrected chi connectivity index (χ4v) is 3.62. The minimum Gasteiger partial charge on any atom is -0.396 e. The van der Waals surface area contributed by atoms with E-state index in [0.717, 1.165) is 31.4 Å². The molecule has 5 nitrogen and oxygen atoms in total. The van der Waals surface area contributed by atoms with E-state index in [-0.39, 0.29) is 36.8 Å². The number of hydrogen-bond donors (Lipinski definition) is 2. The topological polar surface area (TPSA) is 68.2 Å². The van der Waals surface area contributed by atoms with Crippen molar-refractivity contribution in [3.8, 4) is 0 Å². The molecule has 1 aromatic carbocycles. The highest BCUT2D eigenvalue weighted by Gasteiger charge is 2.33. The molecular weight excluding hydrogens is 344 g/mol. The minimum atomic E-state index is -0.635. The third kappa shape index (κ3) is 7.16. The van der Waals surface area contributed by atoms with Gasteiger partial charge >= 0.3 is 0 Å². The summed E-state index contributed by atoms with van der Waals surface area (Å²) in [5, 5.41) is 20.0. The van der Waals surface area contributed by atoms with Crippen LogP contribution in [0.4, 0.5) is 0 Å². The van der Waals surface area contributed by atoms with Crippen molar-refractivity contribution in [2.45, 2.75) is 65.1 Å². The fourth-order valence-electron chi connectivity index (χ4n) is 3.62. The first-order valence-corrected chi connectivity index (χ1v) is 10.2. The molecule has 6 atom stereocenters. The van der Waals surface area contributed by atoms with Crippen LogP contribution in [0.15, 0.2) is 30.3 Å². The summed E-state index contributed by atoms with van der Waals surface area (Å²) in [7, 11) is 0. The Morgan fingerprint density at radius 1 is 1.11 bits per heavy atom. The maximum absolute atomic E-state index is 10.6. The van der Waals surface area contributed by atoms with Crippen molar-refractivity contribution in [3.63, 3.8) is 0 Å². The number of aliphatic hydroxyl groups is 2. The Bertz CT molecular complexity index is 503. The van der Waals surface area contributed by atoms with E-state index in [0.29, 0.717) is 13.2 Å². The summed E-state index contributed by atoms with van der Waals surface area (Å²) >= 11 is 0. The van der Waals surface area contributed by atoms with Crippen molar-refractivity contribution in [2.24, 2.45) is 17.8 Å². The van der Waals surface area contributed by atoms with E-state index in [9.17, 15) is 10.2 Å². The van der Waals surface area contributed by atoms with Gasteiger partial charge in [-0.05, 0) is 24.8 Å². The van der Waals surface area contributed by atoms with Gasteiger partial charge in [-0.25, -0.2) is 0 Å². The predicted octanol–water partition coefficient (Wildman–Crippen LogP) is 3.38. The van der Waals surface area contributed by atoms with Crippen LogP contribution >= 0.6 is 0 Å². The summed E-state index contributed by atoms with van der Waals surface area (Å²) in [5.74, 6) is -0.228. The van der Waals surface area contributed by atoms with Crippen molar-refractivity contribution >= 4 is 0 Å². The summed E-state index contributed by atoms with van der Waals surface area (Å²) in [6.07, 6.45) is 2.22. The SMILES string of the molecule is C[C@@H]([C@H](O)[C@H](C)CO)[C@H](OCc1ccccc1)[C@H](C)COC1CCCCO1. The van der Waals surface area contributed by atoms with E-state index in [4.69, 9.17) is 14.2 Å². The van der Waals surface area contributed by atoms with Crippen LogP contribution in [-0.4, -0.2) is 48.5 Å². The molecule has 1 aromatic rings. The third-order valence-corrected chi connectivity index (χ3v) is 5.46. The summed E-state index contributed by atoms with van der Waals surface area (Å²) < 4.78 is 17.9. The van der Waals surface area contributed by atoms with Gasteiger partial charge in [-0.2, -0.15) is 0 Å². The quantitative estimate of drug-likeness (QED) is 0.616. The first kappa shape index (κ1) is 22.3. The highest BCUT2D eigenvalue weighted by atomic mass is 16.7. The highest BCUT2D eigenvalue weighted by molar-refractivity contribution is 5.13. The lowest BCUT2D eigenvalue weighted by Crippen LogP contribution is -2.42. The molecule has 0 spiro atoms. The van der Waals surface area contributed by atoms with Gasteiger partial charge in [0.25, 0.3) is 0 Å². The van der Waals surface area contributed by atoms with Crippen LogP contribution < -0.4 is 0 Å².